The minimum absolute atomic E-state index is 0.0500. The van der Waals surface area contributed by atoms with Crippen molar-refractivity contribution in [3.05, 3.63) is 71.0 Å². The molecule has 2 aromatic carbocycles. The van der Waals surface area contributed by atoms with Crippen molar-refractivity contribution in [2.75, 3.05) is 0 Å². The van der Waals surface area contributed by atoms with Crippen LogP contribution in [-0.4, -0.2) is 5.11 Å². The highest BCUT2D eigenvalue weighted by molar-refractivity contribution is 5.26. The third-order valence-corrected chi connectivity index (χ3v) is 2.85. The monoisotopic (exact) mass is 245 g/mol. The maximum absolute atomic E-state index is 12.7. The second-order valence-corrected chi connectivity index (χ2v) is 4.16. The van der Waals surface area contributed by atoms with Crippen LogP contribution < -0.4 is 5.32 Å². The third-order valence-electron chi connectivity index (χ3n) is 2.85. The summed E-state index contributed by atoms with van der Waals surface area (Å²) in [5.41, 5.74) is 3.06. The Hall–Kier alpha value is -1.71. The molecule has 2 N–H and O–H groups in total. The molecule has 0 radical (unpaired) electrons. The van der Waals surface area contributed by atoms with Gasteiger partial charge in [0.05, 0.1) is 6.61 Å². The molecule has 2 aromatic rings. The molecule has 0 bridgehead atoms. The van der Waals surface area contributed by atoms with E-state index in [2.05, 4.69) is 5.32 Å². The van der Waals surface area contributed by atoms with E-state index in [0.717, 1.165) is 16.7 Å². The van der Waals surface area contributed by atoms with Crippen molar-refractivity contribution in [1.82, 2.24) is 5.32 Å². The summed E-state index contributed by atoms with van der Waals surface area (Å²) in [4.78, 5) is 0. The Balaban J connectivity index is 1.90. The molecule has 0 aliphatic carbocycles. The smallest absolute Gasteiger partial charge is 0.123 e. The molecule has 0 aliphatic rings. The third kappa shape index (κ3) is 3.39. The molecule has 2 rings (SSSR count). The van der Waals surface area contributed by atoms with Gasteiger partial charge in [0.2, 0.25) is 0 Å². The zero-order chi connectivity index (χ0) is 12.8. The second-order valence-electron chi connectivity index (χ2n) is 4.16. The molecule has 94 valence electrons. The van der Waals surface area contributed by atoms with Crippen molar-refractivity contribution >= 4 is 0 Å². The van der Waals surface area contributed by atoms with Crippen LogP contribution in [0.15, 0.2) is 48.5 Å². The summed E-state index contributed by atoms with van der Waals surface area (Å²) in [5, 5.41) is 12.5. The zero-order valence-electron chi connectivity index (χ0n) is 10.1. The summed E-state index contributed by atoms with van der Waals surface area (Å²) in [6.07, 6.45) is 0. The van der Waals surface area contributed by atoms with Gasteiger partial charge in [0, 0.05) is 13.1 Å². The van der Waals surface area contributed by atoms with Gasteiger partial charge in [0.1, 0.15) is 5.82 Å². The van der Waals surface area contributed by atoms with Crippen LogP contribution in [0, 0.1) is 5.82 Å². The lowest BCUT2D eigenvalue weighted by molar-refractivity contribution is 0.280. The number of hydrogen-bond acceptors (Lipinski definition) is 2. The molecular weight excluding hydrogens is 229 g/mol. The molecule has 0 aliphatic heterocycles. The van der Waals surface area contributed by atoms with E-state index in [1.54, 1.807) is 12.1 Å². The Morgan fingerprint density at radius 3 is 2.22 bits per heavy atom. The number of nitrogens with one attached hydrogen (secondary N) is 1. The Bertz CT molecular complexity index is 496. The molecule has 0 aromatic heterocycles. The van der Waals surface area contributed by atoms with Crippen molar-refractivity contribution < 1.29 is 9.50 Å². The maximum atomic E-state index is 12.7. The molecule has 0 heterocycles. The van der Waals surface area contributed by atoms with Gasteiger partial charge in [-0.15, -0.1) is 0 Å². The second kappa shape index (κ2) is 6.28. The van der Waals surface area contributed by atoms with Crippen molar-refractivity contribution in [1.29, 1.82) is 0 Å². The SMILES string of the molecule is OCc1ccccc1CNCc1ccc(F)cc1. The highest BCUT2D eigenvalue weighted by Gasteiger charge is 2.00. The highest BCUT2D eigenvalue weighted by Crippen LogP contribution is 2.09. The quantitative estimate of drug-likeness (QED) is 0.848. The largest absolute Gasteiger partial charge is 0.392 e. The lowest BCUT2D eigenvalue weighted by Gasteiger charge is -2.08. The van der Waals surface area contributed by atoms with E-state index in [9.17, 15) is 9.50 Å². The molecule has 2 nitrogen and oxygen atoms in total. The van der Waals surface area contributed by atoms with Crippen molar-refractivity contribution in [3.63, 3.8) is 0 Å². The first-order chi connectivity index (χ1) is 8.79. The number of aliphatic hydroxyl groups excluding tert-OH is 1. The van der Waals surface area contributed by atoms with Crippen molar-refractivity contribution in [2.24, 2.45) is 0 Å². The number of rotatable bonds is 5. The fourth-order valence-electron chi connectivity index (χ4n) is 1.83. The molecule has 18 heavy (non-hydrogen) atoms. The number of aliphatic hydroxyl groups is 1. The Kier molecular flexibility index (Phi) is 4.45. The topological polar surface area (TPSA) is 32.3 Å². The zero-order valence-corrected chi connectivity index (χ0v) is 10.1. The van der Waals surface area contributed by atoms with E-state index in [1.165, 1.54) is 12.1 Å². The lowest BCUT2D eigenvalue weighted by atomic mass is 10.1. The summed E-state index contributed by atoms with van der Waals surface area (Å²) in [7, 11) is 0. The maximum Gasteiger partial charge on any atom is 0.123 e. The highest BCUT2D eigenvalue weighted by atomic mass is 19.1. The summed E-state index contributed by atoms with van der Waals surface area (Å²) < 4.78 is 12.7. The Morgan fingerprint density at radius 1 is 0.889 bits per heavy atom. The van der Waals surface area contributed by atoms with E-state index < -0.39 is 0 Å². The minimum atomic E-state index is -0.218. The molecule has 0 amide bonds. The van der Waals surface area contributed by atoms with Crippen LogP contribution >= 0.6 is 0 Å². The predicted molar refractivity (Wildman–Crippen MR) is 69.3 cm³/mol. The van der Waals surface area contributed by atoms with Gasteiger partial charge in [-0.1, -0.05) is 36.4 Å². The van der Waals surface area contributed by atoms with Gasteiger partial charge in [-0.05, 0) is 28.8 Å². The van der Waals surface area contributed by atoms with Crippen LogP contribution in [0.5, 0.6) is 0 Å². The molecule has 0 unspecified atom stereocenters. The molecule has 0 saturated heterocycles. The molecule has 3 heteroatoms. The van der Waals surface area contributed by atoms with Crippen LogP contribution in [0.3, 0.4) is 0 Å². The average molecular weight is 245 g/mol. The van der Waals surface area contributed by atoms with Gasteiger partial charge in [0.15, 0.2) is 0 Å². The molecular formula is C15H16FNO. The predicted octanol–water partition coefficient (Wildman–Crippen LogP) is 2.61. The van der Waals surface area contributed by atoms with Crippen LogP contribution in [0.4, 0.5) is 4.39 Å². The van der Waals surface area contributed by atoms with Gasteiger partial charge >= 0.3 is 0 Å². The fourth-order valence-corrected chi connectivity index (χ4v) is 1.83. The van der Waals surface area contributed by atoms with Crippen molar-refractivity contribution in [2.45, 2.75) is 19.7 Å². The van der Waals surface area contributed by atoms with E-state index in [4.69, 9.17) is 0 Å². The number of hydrogen-bond donors (Lipinski definition) is 2. The van der Waals surface area contributed by atoms with Gasteiger partial charge in [0.25, 0.3) is 0 Å². The Labute approximate surface area is 106 Å². The summed E-state index contributed by atoms with van der Waals surface area (Å²) >= 11 is 0. The molecule has 0 saturated carbocycles. The first-order valence-electron chi connectivity index (χ1n) is 5.92. The van der Waals surface area contributed by atoms with Crippen LogP contribution in [0.25, 0.3) is 0 Å². The first-order valence-corrected chi connectivity index (χ1v) is 5.92. The molecule has 0 atom stereocenters. The van der Waals surface area contributed by atoms with Gasteiger partial charge in [-0.2, -0.15) is 0 Å². The fraction of sp³-hybridized carbons (Fsp3) is 0.200. The molecule has 0 fully saturated rings. The standard InChI is InChI=1S/C15H16FNO/c16-15-7-5-12(6-8-15)9-17-10-13-3-1-2-4-14(13)11-18/h1-8,17-18H,9-11H2. The van der Waals surface area contributed by atoms with Gasteiger partial charge < -0.3 is 10.4 Å². The number of benzene rings is 2. The van der Waals surface area contributed by atoms with Crippen molar-refractivity contribution in [3.8, 4) is 0 Å². The van der Waals surface area contributed by atoms with Gasteiger partial charge in [-0.25, -0.2) is 4.39 Å². The van der Waals surface area contributed by atoms with E-state index in [0.29, 0.717) is 13.1 Å². The summed E-state index contributed by atoms with van der Waals surface area (Å²) in [6.45, 7) is 1.42. The van der Waals surface area contributed by atoms with Crippen LogP contribution in [0.1, 0.15) is 16.7 Å². The molecule has 0 spiro atoms. The van der Waals surface area contributed by atoms with Gasteiger partial charge in [-0.3, -0.25) is 0 Å². The van der Waals surface area contributed by atoms with Crippen LogP contribution in [-0.2, 0) is 19.7 Å². The van der Waals surface area contributed by atoms with E-state index >= 15 is 0 Å². The van der Waals surface area contributed by atoms with E-state index in [1.807, 2.05) is 24.3 Å². The minimum Gasteiger partial charge on any atom is -0.392 e. The lowest BCUT2D eigenvalue weighted by Crippen LogP contribution is -2.14. The first kappa shape index (κ1) is 12.7. The van der Waals surface area contributed by atoms with E-state index in [-0.39, 0.29) is 12.4 Å². The summed E-state index contributed by atoms with van der Waals surface area (Å²) in [5.74, 6) is -0.218. The van der Waals surface area contributed by atoms with Crippen LogP contribution in [0.2, 0.25) is 0 Å². The number of halogens is 1. The Morgan fingerprint density at radius 2 is 1.56 bits per heavy atom. The average Bonchev–Trinajstić information content (AvgIpc) is 2.41. The summed E-state index contributed by atoms with van der Waals surface area (Å²) in [6, 6.07) is 14.2. The normalized spacial score (nSPS) is 10.6.